The molecule has 0 radical (unpaired) electrons. The highest BCUT2D eigenvalue weighted by molar-refractivity contribution is 5.68. The molecule has 92 valence electrons. The summed E-state index contributed by atoms with van der Waals surface area (Å²) in [5.74, 6) is 0. The number of piperidine rings is 1. The maximum atomic E-state index is 11.9. The number of rotatable bonds is 1. The van der Waals surface area contributed by atoms with Crippen molar-refractivity contribution in [1.29, 1.82) is 0 Å². The molecule has 2 fully saturated rings. The quantitative estimate of drug-likeness (QED) is 0.645. The first-order chi connectivity index (χ1) is 7.36. The van der Waals surface area contributed by atoms with E-state index in [0.717, 1.165) is 19.4 Å². The number of carbonyl (C=O) groups is 1. The molecule has 4 nitrogen and oxygen atoms in total. The Balaban J connectivity index is 1.93. The van der Waals surface area contributed by atoms with E-state index in [-0.39, 0.29) is 11.7 Å². The molecular weight excluding hydrogens is 206 g/mol. The van der Waals surface area contributed by atoms with Gasteiger partial charge in [-0.25, -0.2) is 4.79 Å². The zero-order valence-electron chi connectivity index (χ0n) is 10.6. The zero-order chi connectivity index (χ0) is 12.0. The van der Waals surface area contributed by atoms with Crippen LogP contribution in [0.4, 0.5) is 4.79 Å². The summed E-state index contributed by atoms with van der Waals surface area (Å²) in [4.78, 5) is 13.7. The molecule has 0 saturated carbocycles. The minimum Gasteiger partial charge on any atom is -0.444 e. The SMILES string of the molecule is CC[C@@]12CN(C(=O)OC(C)(C)C)CC[C@@H]1O2. The third-order valence-electron chi connectivity index (χ3n) is 3.28. The van der Waals surface area contributed by atoms with Gasteiger partial charge in [0.05, 0.1) is 12.6 Å². The van der Waals surface area contributed by atoms with Crippen LogP contribution in [-0.4, -0.2) is 41.4 Å². The number of epoxide rings is 1. The lowest BCUT2D eigenvalue weighted by molar-refractivity contribution is 0.0189. The summed E-state index contributed by atoms with van der Waals surface area (Å²) >= 11 is 0. The Hall–Kier alpha value is -0.770. The van der Waals surface area contributed by atoms with Gasteiger partial charge in [-0.15, -0.1) is 0 Å². The van der Waals surface area contributed by atoms with E-state index in [9.17, 15) is 4.79 Å². The van der Waals surface area contributed by atoms with E-state index in [0.29, 0.717) is 12.6 Å². The van der Waals surface area contributed by atoms with Gasteiger partial charge in [-0.3, -0.25) is 0 Å². The summed E-state index contributed by atoms with van der Waals surface area (Å²) in [6.07, 6.45) is 2.06. The zero-order valence-corrected chi connectivity index (χ0v) is 10.6. The minimum atomic E-state index is -0.419. The maximum absolute atomic E-state index is 11.9. The topological polar surface area (TPSA) is 42.1 Å². The van der Waals surface area contributed by atoms with Crippen LogP contribution >= 0.6 is 0 Å². The third kappa shape index (κ3) is 2.17. The van der Waals surface area contributed by atoms with Crippen molar-refractivity contribution in [3.8, 4) is 0 Å². The van der Waals surface area contributed by atoms with Crippen LogP contribution in [0.5, 0.6) is 0 Å². The van der Waals surface area contributed by atoms with Gasteiger partial charge >= 0.3 is 6.09 Å². The van der Waals surface area contributed by atoms with Crippen molar-refractivity contribution in [3.63, 3.8) is 0 Å². The number of likely N-dealkylation sites (tertiary alicyclic amines) is 1. The lowest BCUT2D eigenvalue weighted by atomic mass is 9.96. The Bertz CT molecular complexity index is 297. The molecule has 0 aromatic rings. The molecular formula is C12H21NO3. The Morgan fingerprint density at radius 1 is 1.56 bits per heavy atom. The van der Waals surface area contributed by atoms with E-state index in [1.54, 1.807) is 4.90 Å². The number of hydrogen-bond acceptors (Lipinski definition) is 3. The number of nitrogens with zero attached hydrogens (tertiary/aromatic N) is 1. The smallest absolute Gasteiger partial charge is 0.410 e. The monoisotopic (exact) mass is 227 g/mol. The van der Waals surface area contributed by atoms with Crippen molar-refractivity contribution in [2.75, 3.05) is 13.1 Å². The molecule has 0 spiro atoms. The molecule has 0 N–H and O–H groups in total. The molecule has 0 unspecified atom stereocenters. The van der Waals surface area contributed by atoms with Crippen LogP contribution in [0.3, 0.4) is 0 Å². The van der Waals surface area contributed by atoms with Gasteiger partial charge in [0, 0.05) is 6.54 Å². The number of hydrogen-bond donors (Lipinski definition) is 0. The number of amides is 1. The first-order valence-electron chi connectivity index (χ1n) is 6.02. The summed E-state index contributed by atoms with van der Waals surface area (Å²) < 4.78 is 11.0. The second-order valence-corrected chi connectivity index (χ2v) is 5.72. The number of ether oxygens (including phenoxy) is 2. The minimum absolute atomic E-state index is 0.0604. The molecule has 0 bridgehead atoms. The molecule has 2 saturated heterocycles. The highest BCUT2D eigenvalue weighted by Gasteiger charge is 2.58. The van der Waals surface area contributed by atoms with E-state index >= 15 is 0 Å². The summed E-state index contributed by atoms with van der Waals surface area (Å²) in [5.41, 5.74) is -0.479. The van der Waals surface area contributed by atoms with Crippen molar-refractivity contribution in [1.82, 2.24) is 4.90 Å². The second kappa shape index (κ2) is 3.62. The standard InChI is InChI=1S/C12H21NO3/c1-5-12-8-13(7-6-9(12)15-12)10(14)16-11(2,3)4/h9H,5-8H2,1-4H3/t9-,12+/m0/s1. The summed E-state index contributed by atoms with van der Waals surface area (Å²) in [5, 5.41) is 0. The molecule has 0 aromatic carbocycles. The van der Waals surface area contributed by atoms with Gasteiger partial charge < -0.3 is 14.4 Å². The molecule has 1 amide bonds. The van der Waals surface area contributed by atoms with E-state index in [4.69, 9.17) is 9.47 Å². The van der Waals surface area contributed by atoms with Gasteiger partial charge in [0.2, 0.25) is 0 Å². The van der Waals surface area contributed by atoms with Crippen LogP contribution < -0.4 is 0 Å². The van der Waals surface area contributed by atoms with Gasteiger partial charge in [0.15, 0.2) is 0 Å². The Kier molecular flexibility index (Phi) is 2.65. The van der Waals surface area contributed by atoms with Gasteiger partial charge in [-0.2, -0.15) is 0 Å². The maximum Gasteiger partial charge on any atom is 0.410 e. The van der Waals surface area contributed by atoms with Crippen LogP contribution in [0.2, 0.25) is 0 Å². The molecule has 2 aliphatic rings. The van der Waals surface area contributed by atoms with Crippen molar-refractivity contribution in [2.45, 2.75) is 57.8 Å². The molecule has 0 aliphatic carbocycles. The summed E-state index contributed by atoms with van der Waals surface area (Å²) in [7, 11) is 0. The largest absolute Gasteiger partial charge is 0.444 e. The van der Waals surface area contributed by atoms with E-state index in [1.807, 2.05) is 20.8 Å². The second-order valence-electron chi connectivity index (χ2n) is 5.72. The van der Waals surface area contributed by atoms with Gasteiger partial charge in [0.1, 0.15) is 11.2 Å². The van der Waals surface area contributed by atoms with Crippen molar-refractivity contribution >= 4 is 6.09 Å². The van der Waals surface area contributed by atoms with Crippen LogP contribution in [0.1, 0.15) is 40.5 Å². The lowest BCUT2D eigenvalue weighted by Gasteiger charge is -2.31. The molecule has 4 heteroatoms. The van der Waals surface area contributed by atoms with Crippen LogP contribution in [0.25, 0.3) is 0 Å². The summed E-state index contributed by atoms with van der Waals surface area (Å²) in [6.45, 7) is 9.21. The van der Waals surface area contributed by atoms with E-state index in [2.05, 4.69) is 6.92 Å². The fourth-order valence-corrected chi connectivity index (χ4v) is 2.29. The van der Waals surface area contributed by atoms with E-state index in [1.165, 1.54) is 0 Å². The molecule has 2 atom stereocenters. The van der Waals surface area contributed by atoms with E-state index < -0.39 is 5.60 Å². The third-order valence-corrected chi connectivity index (χ3v) is 3.28. The van der Waals surface area contributed by atoms with Gasteiger partial charge in [-0.05, 0) is 33.6 Å². The van der Waals surface area contributed by atoms with Gasteiger partial charge in [-0.1, -0.05) is 6.92 Å². The number of fused-ring (bicyclic) bond motifs is 1. The number of carbonyl (C=O) groups excluding carboxylic acids is 1. The highest BCUT2D eigenvalue weighted by atomic mass is 16.6. The fourth-order valence-electron chi connectivity index (χ4n) is 2.29. The van der Waals surface area contributed by atoms with Crippen LogP contribution in [0, 0.1) is 0 Å². The lowest BCUT2D eigenvalue weighted by Crippen LogP contribution is -2.46. The van der Waals surface area contributed by atoms with Crippen molar-refractivity contribution in [3.05, 3.63) is 0 Å². The fraction of sp³-hybridized carbons (Fsp3) is 0.917. The Morgan fingerprint density at radius 3 is 2.81 bits per heavy atom. The first kappa shape index (κ1) is 11.7. The highest BCUT2D eigenvalue weighted by Crippen LogP contribution is 2.45. The first-order valence-corrected chi connectivity index (χ1v) is 6.02. The molecule has 2 rings (SSSR count). The summed E-state index contributed by atoms with van der Waals surface area (Å²) in [6, 6.07) is 0. The van der Waals surface area contributed by atoms with Gasteiger partial charge in [0.25, 0.3) is 0 Å². The molecule has 2 aliphatic heterocycles. The average Bonchev–Trinajstić information content (AvgIpc) is 2.88. The van der Waals surface area contributed by atoms with Crippen molar-refractivity contribution in [2.24, 2.45) is 0 Å². The van der Waals surface area contributed by atoms with Crippen molar-refractivity contribution < 1.29 is 14.3 Å². The normalized spacial score (nSPS) is 33.2. The average molecular weight is 227 g/mol. The predicted molar refractivity (Wildman–Crippen MR) is 60.3 cm³/mol. The Morgan fingerprint density at radius 2 is 2.25 bits per heavy atom. The molecule has 2 heterocycles. The van der Waals surface area contributed by atoms with Crippen LogP contribution in [0.15, 0.2) is 0 Å². The van der Waals surface area contributed by atoms with Crippen LogP contribution in [-0.2, 0) is 9.47 Å². The molecule has 16 heavy (non-hydrogen) atoms. The predicted octanol–water partition coefficient (Wildman–Crippen LogP) is 2.17. The Labute approximate surface area is 96.9 Å². The molecule has 0 aromatic heterocycles.